The van der Waals surface area contributed by atoms with Gasteiger partial charge >= 0.3 is 0 Å². The van der Waals surface area contributed by atoms with E-state index in [0.717, 1.165) is 38.5 Å². The summed E-state index contributed by atoms with van der Waals surface area (Å²) in [4.78, 5) is 0. The van der Waals surface area contributed by atoms with Crippen molar-refractivity contribution in [2.75, 3.05) is 11.5 Å². The quantitative estimate of drug-likeness (QED) is 0.442. The molecule has 0 aliphatic carbocycles. The molecule has 6 nitrogen and oxygen atoms in total. The van der Waals surface area contributed by atoms with Crippen molar-refractivity contribution in [2.24, 2.45) is 0 Å². The molecule has 0 heterocycles. The number of hydrogen-bond donors (Lipinski definition) is 2. The molecule has 0 radical (unpaired) electrons. The Labute approximate surface area is 121 Å². The Hall–Kier alpha value is 0.110. The summed E-state index contributed by atoms with van der Waals surface area (Å²) in [5, 5.41) is 0. The van der Waals surface area contributed by atoms with Gasteiger partial charge in [0.2, 0.25) is 0 Å². The van der Waals surface area contributed by atoms with Gasteiger partial charge in [-0.15, -0.1) is 12.4 Å². The molecule has 0 unspecified atom stereocenters. The molecule has 0 aliphatic rings. The number of halogens is 1. The normalized spacial score (nSPS) is 12.1. The fourth-order valence-electron chi connectivity index (χ4n) is 1.63. The van der Waals surface area contributed by atoms with Gasteiger partial charge in [0.15, 0.2) is 0 Å². The second kappa shape index (κ2) is 10.8. The second-order valence-corrected chi connectivity index (χ2v) is 7.54. The van der Waals surface area contributed by atoms with Crippen LogP contribution in [0, 0.1) is 0 Å². The third-order valence-electron chi connectivity index (χ3n) is 2.55. The smallest absolute Gasteiger partial charge is 0.264 e. The van der Waals surface area contributed by atoms with E-state index in [1.165, 1.54) is 0 Å². The Kier molecular flexibility index (Phi) is 12.2. The topological polar surface area (TPSA) is 109 Å². The largest absolute Gasteiger partial charge is 0.286 e. The molecule has 0 aromatic carbocycles. The van der Waals surface area contributed by atoms with E-state index in [1.54, 1.807) is 0 Å². The maximum Gasteiger partial charge on any atom is 0.264 e. The van der Waals surface area contributed by atoms with Crippen LogP contribution in [-0.4, -0.2) is 37.4 Å². The van der Waals surface area contributed by atoms with Crippen LogP contribution in [0.1, 0.15) is 51.4 Å². The van der Waals surface area contributed by atoms with Gasteiger partial charge in [-0.3, -0.25) is 9.11 Å². The van der Waals surface area contributed by atoms with Crippen LogP contribution >= 0.6 is 12.4 Å². The van der Waals surface area contributed by atoms with E-state index in [4.69, 9.17) is 9.11 Å². The number of hydrogen-bond acceptors (Lipinski definition) is 4. The molecule has 0 aromatic rings. The van der Waals surface area contributed by atoms with Crippen molar-refractivity contribution in [3.8, 4) is 0 Å². The van der Waals surface area contributed by atoms with Crippen LogP contribution in [0.2, 0.25) is 0 Å². The van der Waals surface area contributed by atoms with Crippen molar-refractivity contribution in [1.82, 2.24) is 0 Å². The molecule has 0 saturated heterocycles. The molecular formula is C10H23ClO6S2. The summed E-state index contributed by atoms with van der Waals surface area (Å²) in [5.41, 5.74) is 0. The van der Waals surface area contributed by atoms with Crippen LogP contribution in [0.4, 0.5) is 0 Å². The molecule has 0 amide bonds. The highest BCUT2D eigenvalue weighted by molar-refractivity contribution is 7.86. The van der Waals surface area contributed by atoms with Gasteiger partial charge in [-0.05, 0) is 12.8 Å². The molecular weight excluding hydrogens is 316 g/mol. The summed E-state index contributed by atoms with van der Waals surface area (Å²) in [6, 6.07) is 0. The van der Waals surface area contributed by atoms with Gasteiger partial charge in [-0.2, -0.15) is 16.8 Å². The first-order valence-electron chi connectivity index (χ1n) is 6.11. The lowest BCUT2D eigenvalue weighted by Gasteiger charge is -2.01. The van der Waals surface area contributed by atoms with Crippen molar-refractivity contribution in [3.63, 3.8) is 0 Å². The number of rotatable bonds is 11. The fourth-order valence-corrected chi connectivity index (χ4v) is 2.77. The zero-order chi connectivity index (χ0) is 14.1. The Bertz CT molecular complexity index is 364. The van der Waals surface area contributed by atoms with Gasteiger partial charge in [-0.1, -0.05) is 38.5 Å². The molecule has 118 valence electrons. The average Bonchev–Trinajstić information content (AvgIpc) is 2.17. The maximum absolute atomic E-state index is 10.4. The summed E-state index contributed by atoms with van der Waals surface area (Å²) < 4.78 is 58.6. The summed E-state index contributed by atoms with van der Waals surface area (Å²) in [5.74, 6) is -0.358. The minimum absolute atomic E-state index is 0. The third-order valence-corrected chi connectivity index (χ3v) is 4.16. The van der Waals surface area contributed by atoms with Crippen LogP contribution in [0.5, 0.6) is 0 Å². The minimum Gasteiger partial charge on any atom is -0.286 e. The van der Waals surface area contributed by atoms with Gasteiger partial charge in [0.25, 0.3) is 20.2 Å². The van der Waals surface area contributed by atoms with E-state index in [0.29, 0.717) is 12.8 Å². The summed E-state index contributed by atoms with van der Waals surface area (Å²) in [7, 11) is -7.65. The van der Waals surface area contributed by atoms with Crippen molar-refractivity contribution in [3.05, 3.63) is 0 Å². The fraction of sp³-hybridized carbons (Fsp3) is 1.00. The molecule has 2 N–H and O–H groups in total. The highest BCUT2D eigenvalue weighted by Gasteiger charge is 2.04. The average molecular weight is 339 g/mol. The first kappa shape index (κ1) is 21.4. The Morgan fingerprint density at radius 2 is 0.737 bits per heavy atom. The molecule has 9 heteroatoms. The first-order valence-corrected chi connectivity index (χ1v) is 9.33. The van der Waals surface area contributed by atoms with E-state index >= 15 is 0 Å². The van der Waals surface area contributed by atoms with E-state index in [2.05, 4.69) is 0 Å². The van der Waals surface area contributed by atoms with Crippen molar-refractivity contribution >= 4 is 32.6 Å². The third kappa shape index (κ3) is 20.6. The molecule has 0 aliphatic heterocycles. The zero-order valence-corrected chi connectivity index (χ0v) is 13.3. The molecule has 0 rings (SSSR count). The lowest BCUT2D eigenvalue weighted by molar-refractivity contribution is 0.474. The Morgan fingerprint density at radius 1 is 0.526 bits per heavy atom. The highest BCUT2D eigenvalue weighted by atomic mass is 35.5. The maximum atomic E-state index is 10.4. The lowest BCUT2D eigenvalue weighted by atomic mass is 10.1. The lowest BCUT2D eigenvalue weighted by Crippen LogP contribution is -2.03. The van der Waals surface area contributed by atoms with Gasteiger partial charge in [0.1, 0.15) is 0 Å². The van der Waals surface area contributed by atoms with Crippen LogP contribution in [0.25, 0.3) is 0 Å². The van der Waals surface area contributed by atoms with Crippen molar-refractivity contribution in [2.45, 2.75) is 51.4 Å². The summed E-state index contributed by atoms with van der Waals surface area (Å²) in [6.07, 6.45) is 6.25. The standard InChI is InChI=1S/C10H22O6S2.ClH/c11-17(12,13)9-7-5-3-1-2-4-6-8-10-18(14,15)16;/h1-10H2,(H,11,12,13)(H,14,15,16);1H. The van der Waals surface area contributed by atoms with Crippen LogP contribution in [0.3, 0.4) is 0 Å². The molecule has 0 fully saturated rings. The monoisotopic (exact) mass is 338 g/mol. The molecule has 0 bridgehead atoms. The van der Waals surface area contributed by atoms with E-state index in [9.17, 15) is 16.8 Å². The highest BCUT2D eigenvalue weighted by Crippen LogP contribution is 2.09. The van der Waals surface area contributed by atoms with E-state index in [1.807, 2.05) is 0 Å². The van der Waals surface area contributed by atoms with Gasteiger partial charge in [0.05, 0.1) is 11.5 Å². The molecule has 0 aromatic heterocycles. The zero-order valence-electron chi connectivity index (χ0n) is 10.8. The van der Waals surface area contributed by atoms with E-state index in [-0.39, 0.29) is 23.9 Å². The van der Waals surface area contributed by atoms with Crippen molar-refractivity contribution < 1.29 is 25.9 Å². The van der Waals surface area contributed by atoms with Gasteiger partial charge in [-0.25, -0.2) is 0 Å². The molecule has 0 saturated carbocycles. The van der Waals surface area contributed by atoms with Crippen molar-refractivity contribution in [1.29, 1.82) is 0 Å². The summed E-state index contributed by atoms with van der Waals surface area (Å²) in [6.45, 7) is 0. The molecule has 19 heavy (non-hydrogen) atoms. The second-order valence-electron chi connectivity index (χ2n) is 4.40. The first-order chi connectivity index (χ1) is 8.21. The van der Waals surface area contributed by atoms with Crippen LogP contribution < -0.4 is 0 Å². The predicted octanol–water partition coefficient (Wildman–Crippen LogP) is 2.30. The SMILES string of the molecule is Cl.O=S(=O)(O)CCCCCCCCCCS(=O)(=O)O. The van der Waals surface area contributed by atoms with Gasteiger partial charge < -0.3 is 0 Å². The molecule has 0 atom stereocenters. The predicted molar refractivity (Wildman–Crippen MR) is 77.0 cm³/mol. The van der Waals surface area contributed by atoms with E-state index < -0.39 is 20.2 Å². The summed E-state index contributed by atoms with van der Waals surface area (Å²) >= 11 is 0. The molecule has 0 spiro atoms. The Morgan fingerprint density at radius 3 is 0.947 bits per heavy atom. The Balaban J connectivity index is 0. The van der Waals surface area contributed by atoms with Crippen LogP contribution in [0.15, 0.2) is 0 Å². The minimum atomic E-state index is -3.82. The van der Waals surface area contributed by atoms with Crippen LogP contribution in [-0.2, 0) is 20.2 Å². The number of unbranched alkanes of at least 4 members (excludes halogenated alkanes) is 7. The van der Waals surface area contributed by atoms with Gasteiger partial charge in [0, 0.05) is 0 Å².